The maximum atomic E-state index is 13.0. The molecule has 0 radical (unpaired) electrons. The number of nitrogens with one attached hydrogen (secondary N) is 1. The summed E-state index contributed by atoms with van der Waals surface area (Å²) >= 11 is 0. The van der Waals surface area contributed by atoms with Gasteiger partial charge >= 0.3 is 5.97 Å². The molecule has 1 aliphatic carbocycles. The number of ether oxygens (including phenoxy) is 1. The molecule has 0 fully saturated rings. The van der Waals surface area contributed by atoms with Gasteiger partial charge in [-0.25, -0.2) is 4.79 Å². The van der Waals surface area contributed by atoms with Gasteiger partial charge in [0.05, 0.1) is 18.4 Å². The average molecular weight is 427 g/mol. The number of hydrogen-bond acceptors (Lipinski definition) is 3. The molecule has 0 bridgehead atoms. The fourth-order valence-electron chi connectivity index (χ4n) is 5.34. The zero-order valence-electron chi connectivity index (χ0n) is 18.8. The highest BCUT2D eigenvalue weighted by atomic mass is 16.5. The topological polar surface area (TPSA) is 45.3 Å². The van der Waals surface area contributed by atoms with Crippen molar-refractivity contribution >= 4 is 22.4 Å². The zero-order chi connectivity index (χ0) is 22.1. The number of benzene rings is 2. The number of nitrogens with zero attached hydrogens (tertiary/aromatic N) is 1. The van der Waals surface area contributed by atoms with Crippen molar-refractivity contribution in [2.75, 3.05) is 13.7 Å². The van der Waals surface area contributed by atoms with E-state index in [1.807, 2.05) is 6.07 Å². The summed E-state index contributed by atoms with van der Waals surface area (Å²) in [5.74, 6) is 0.402. The number of aromatic amines is 1. The Morgan fingerprint density at radius 1 is 1.12 bits per heavy atom. The Labute approximate surface area is 189 Å². The third-order valence-corrected chi connectivity index (χ3v) is 7.04. The minimum Gasteiger partial charge on any atom is -0.465 e. The molecule has 1 aromatic heterocycles. The van der Waals surface area contributed by atoms with Crippen LogP contribution in [0.1, 0.15) is 30.2 Å². The molecular weight excluding hydrogens is 396 g/mol. The van der Waals surface area contributed by atoms with E-state index < -0.39 is 0 Å². The zero-order valence-corrected chi connectivity index (χ0v) is 18.8. The molecule has 0 amide bonds. The van der Waals surface area contributed by atoms with Crippen molar-refractivity contribution in [2.24, 2.45) is 11.8 Å². The van der Waals surface area contributed by atoms with Gasteiger partial charge in [0, 0.05) is 36.0 Å². The maximum absolute atomic E-state index is 13.0. The summed E-state index contributed by atoms with van der Waals surface area (Å²) in [7, 11) is 1.47. The van der Waals surface area contributed by atoms with E-state index in [0.717, 1.165) is 37.1 Å². The maximum Gasteiger partial charge on any atom is 0.339 e. The molecule has 2 heterocycles. The van der Waals surface area contributed by atoms with Crippen LogP contribution in [0.4, 0.5) is 0 Å². The number of carbonyl (C=O) groups is 1. The van der Waals surface area contributed by atoms with Gasteiger partial charge in [0.25, 0.3) is 0 Å². The Morgan fingerprint density at radius 2 is 1.91 bits per heavy atom. The molecule has 4 nitrogen and oxygen atoms in total. The minimum atomic E-state index is -0.269. The van der Waals surface area contributed by atoms with Crippen molar-refractivity contribution in [3.05, 3.63) is 89.6 Å². The lowest BCUT2D eigenvalue weighted by molar-refractivity contribution is -0.133. The first-order valence-electron chi connectivity index (χ1n) is 11.5. The number of carbonyl (C=O) groups excluding carboxylic acids is 1. The molecule has 0 spiro atoms. The standard InChI is InChI=1S/C28H30N2O2/c1-19-9-8-14-26-23(19)17-24(28(31)32-2)27-22(21-12-6-7-13-25(21)29-27)15-16-30(26)18-20-10-4-3-5-11-20/h3-8,10-14,17,19,23,26,29H,9,15-16,18H2,1-2H3/b24-17+/t19-,23+,26-/m1/s1. The molecule has 3 aromatic rings. The van der Waals surface area contributed by atoms with E-state index in [0.29, 0.717) is 11.5 Å². The van der Waals surface area contributed by atoms with E-state index >= 15 is 0 Å². The molecule has 0 unspecified atom stereocenters. The number of fused-ring (bicyclic) bond motifs is 4. The average Bonchev–Trinajstić information content (AvgIpc) is 3.20. The number of aromatic nitrogens is 1. The highest BCUT2D eigenvalue weighted by molar-refractivity contribution is 6.17. The van der Waals surface area contributed by atoms with Gasteiger partial charge in [0.2, 0.25) is 0 Å². The van der Waals surface area contributed by atoms with Crippen LogP contribution in [0.5, 0.6) is 0 Å². The van der Waals surface area contributed by atoms with E-state index in [1.165, 1.54) is 23.6 Å². The van der Waals surface area contributed by atoms with E-state index in [1.54, 1.807) is 0 Å². The van der Waals surface area contributed by atoms with Crippen molar-refractivity contribution < 1.29 is 9.53 Å². The summed E-state index contributed by atoms with van der Waals surface area (Å²) in [4.78, 5) is 19.1. The predicted molar refractivity (Wildman–Crippen MR) is 129 cm³/mol. The molecule has 0 saturated carbocycles. The van der Waals surface area contributed by atoms with Gasteiger partial charge in [-0.2, -0.15) is 0 Å². The SMILES string of the molecule is COC(=O)/C1=C/[C@H]2[C@H](C)CC=C[C@H]2N(Cc2ccccc2)CCc2c1[nH]c1ccccc21. The van der Waals surface area contributed by atoms with Crippen LogP contribution in [-0.2, 0) is 22.5 Å². The Bertz CT molecular complexity index is 1170. The van der Waals surface area contributed by atoms with E-state index in [2.05, 4.69) is 83.6 Å². The van der Waals surface area contributed by atoms with Gasteiger partial charge < -0.3 is 9.72 Å². The van der Waals surface area contributed by atoms with Gasteiger partial charge in [0.15, 0.2) is 0 Å². The molecule has 2 aromatic carbocycles. The highest BCUT2D eigenvalue weighted by Gasteiger charge is 2.34. The number of H-pyrrole nitrogens is 1. The van der Waals surface area contributed by atoms with E-state index in [9.17, 15) is 4.79 Å². The van der Waals surface area contributed by atoms with Crippen molar-refractivity contribution in [1.29, 1.82) is 0 Å². The molecule has 1 aliphatic heterocycles. The molecular formula is C28H30N2O2. The molecule has 164 valence electrons. The van der Waals surface area contributed by atoms with Crippen LogP contribution >= 0.6 is 0 Å². The van der Waals surface area contributed by atoms with Crippen molar-refractivity contribution in [3.8, 4) is 0 Å². The molecule has 5 rings (SSSR count). The van der Waals surface area contributed by atoms with Crippen LogP contribution in [0.15, 0.2) is 72.8 Å². The van der Waals surface area contributed by atoms with Crippen LogP contribution in [0.25, 0.3) is 16.5 Å². The van der Waals surface area contributed by atoms with Gasteiger partial charge in [-0.1, -0.05) is 73.7 Å². The Kier molecular flexibility index (Phi) is 5.71. The van der Waals surface area contributed by atoms with Crippen LogP contribution in [0.2, 0.25) is 0 Å². The van der Waals surface area contributed by atoms with Crippen LogP contribution in [-0.4, -0.2) is 35.5 Å². The normalized spacial score (nSPS) is 25.1. The summed E-state index contributed by atoms with van der Waals surface area (Å²) in [6, 6.07) is 19.3. The molecule has 32 heavy (non-hydrogen) atoms. The van der Waals surface area contributed by atoms with Gasteiger partial charge in [-0.3, -0.25) is 4.90 Å². The fourth-order valence-corrected chi connectivity index (χ4v) is 5.34. The lowest BCUT2D eigenvalue weighted by Gasteiger charge is -2.39. The number of para-hydroxylation sites is 1. The van der Waals surface area contributed by atoms with Crippen LogP contribution in [0.3, 0.4) is 0 Å². The number of hydrogen-bond donors (Lipinski definition) is 1. The lowest BCUT2D eigenvalue weighted by atomic mass is 9.78. The summed E-state index contributed by atoms with van der Waals surface area (Å²) in [6.45, 7) is 4.10. The monoisotopic (exact) mass is 426 g/mol. The summed E-state index contributed by atoms with van der Waals surface area (Å²) in [5.41, 5.74) is 5.16. The third kappa shape index (κ3) is 3.80. The Balaban J connectivity index is 1.66. The number of allylic oxidation sites excluding steroid dienone is 1. The summed E-state index contributed by atoms with van der Waals surface area (Å²) in [6.07, 6.45) is 8.72. The Hall–Kier alpha value is -3.11. The molecule has 1 N–H and O–H groups in total. The van der Waals surface area contributed by atoms with Gasteiger partial charge in [-0.15, -0.1) is 0 Å². The summed E-state index contributed by atoms with van der Waals surface area (Å²) in [5, 5.41) is 1.19. The van der Waals surface area contributed by atoms with E-state index in [-0.39, 0.29) is 17.9 Å². The molecule has 2 aliphatic rings. The highest BCUT2D eigenvalue weighted by Crippen LogP contribution is 2.37. The largest absolute Gasteiger partial charge is 0.465 e. The number of rotatable bonds is 3. The molecule has 4 heteroatoms. The quantitative estimate of drug-likeness (QED) is 0.453. The number of methoxy groups -OCH3 is 1. The third-order valence-electron chi connectivity index (χ3n) is 7.04. The minimum absolute atomic E-state index is 0.232. The van der Waals surface area contributed by atoms with Crippen molar-refractivity contribution in [2.45, 2.75) is 32.4 Å². The Morgan fingerprint density at radius 3 is 2.72 bits per heavy atom. The second kappa shape index (κ2) is 8.79. The van der Waals surface area contributed by atoms with Crippen LogP contribution in [0, 0.1) is 11.8 Å². The smallest absolute Gasteiger partial charge is 0.339 e. The first kappa shape index (κ1) is 20.8. The number of esters is 1. The molecule has 3 atom stereocenters. The molecule has 0 saturated heterocycles. The summed E-state index contributed by atoms with van der Waals surface area (Å²) < 4.78 is 5.26. The first-order chi connectivity index (χ1) is 15.7. The fraction of sp³-hybridized carbons (Fsp3) is 0.321. The van der Waals surface area contributed by atoms with Crippen molar-refractivity contribution in [1.82, 2.24) is 9.88 Å². The predicted octanol–water partition coefficient (Wildman–Crippen LogP) is 5.36. The van der Waals surface area contributed by atoms with Gasteiger partial charge in [-0.05, 0) is 36.0 Å². The van der Waals surface area contributed by atoms with E-state index in [4.69, 9.17) is 4.74 Å². The van der Waals surface area contributed by atoms with Crippen molar-refractivity contribution in [3.63, 3.8) is 0 Å². The van der Waals surface area contributed by atoms with Crippen LogP contribution < -0.4 is 0 Å². The second-order valence-corrected chi connectivity index (χ2v) is 9.01. The van der Waals surface area contributed by atoms with Gasteiger partial charge in [0.1, 0.15) is 0 Å². The second-order valence-electron chi connectivity index (χ2n) is 9.01. The first-order valence-corrected chi connectivity index (χ1v) is 11.5. The lowest BCUT2D eigenvalue weighted by Crippen LogP contribution is -2.43.